The first-order valence-corrected chi connectivity index (χ1v) is 7.84. The first-order valence-electron chi connectivity index (χ1n) is 7.84. The van der Waals surface area contributed by atoms with Gasteiger partial charge in [0.1, 0.15) is 6.04 Å². The molecule has 2 aliphatic rings. The molecule has 0 aromatic carbocycles. The molecule has 0 aromatic heterocycles. The van der Waals surface area contributed by atoms with Crippen LogP contribution in [0.15, 0.2) is 0 Å². The van der Waals surface area contributed by atoms with Gasteiger partial charge in [-0.15, -0.1) is 0 Å². The molecule has 1 saturated heterocycles. The third-order valence-corrected chi connectivity index (χ3v) is 4.47. The highest BCUT2D eigenvalue weighted by molar-refractivity contribution is 5.85. The second-order valence-electron chi connectivity index (χ2n) is 6.43. The van der Waals surface area contributed by atoms with Gasteiger partial charge in [0.15, 0.2) is 0 Å². The van der Waals surface area contributed by atoms with E-state index in [2.05, 4.69) is 0 Å². The predicted octanol–water partition coefficient (Wildman–Crippen LogP) is 0.844. The third kappa shape index (κ3) is 3.51. The largest absolute Gasteiger partial charge is 0.480 e. The fourth-order valence-corrected chi connectivity index (χ4v) is 2.97. The average Bonchev–Trinajstić information content (AvgIpc) is 3.31. The summed E-state index contributed by atoms with van der Waals surface area (Å²) in [6.45, 7) is 2.67. The molecule has 0 aromatic rings. The van der Waals surface area contributed by atoms with Crippen LogP contribution >= 0.6 is 0 Å². The van der Waals surface area contributed by atoms with E-state index in [0.29, 0.717) is 25.9 Å². The number of nitrogens with zero attached hydrogens (tertiary/aromatic N) is 3. The molecule has 2 fully saturated rings. The Hall–Kier alpha value is -1.79. The monoisotopic (exact) mass is 311 g/mol. The van der Waals surface area contributed by atoms with E-state index in [-0.39, 0.29) is 23.9 Å². The lowest BCUT2D eigenvalue weighted by Crippen LogP contribution is -2.51. The number of hydrogen-bond donors (Lipinski definition) is 1. The Morgan fingerprint density at radius 1 is 1.09 bits per heavy atom. The van der Waals surface area contributed by atoms with Crippen molar-refractivity contribution in [2.75, 3.05) is 27.2 Å². The van der Waals surface area contributed by atoms with Crippen molar-refractivity contribution in [1.82, 2.24) is 14.7 Å². The summed E-state index contributed by atoms with van der Waals surface area (Å²) in [5.41, 5.74) is 0. The second kappa shape index (κ2) is 6.54. The molecule has 1 aliphatic heterocycles. The molecule has 7 nitrogen and oxygen atoms in total. The van der Waals surface area contributed by atoms with E-state index in [4.69, 9.17) is 0 Å². The number of likely N-dealkylation sites (tertiary alicyclic amines) is 1. The Bertz CT molecular complexity index is 454. The molecular weight excluding hydrogens is 286 g/mol. The number of carboxylic acids is 1. The fourth-order valence-electron chi connectivity index (χ4n) is 2.97. The molecular formula is C15H25N3O4. The van der Waals surface area contributed by atoms with Crippen molar-refractivity contribution in [3.63, 3.8) is 0 Å². The molecule has 1 atom stereocenters. The minimum absolute atomic E-state index is 0.0381. The zero-order chi connectivity index (χ0) is 16.4. The number of rotatable bonds is 4. The lowest BCUT2D eigenvalue weighted by Gasteiger charge is -2.36. The quantitative estimate of drug-likeness (QED) is 0.834. The van der Waals surface area contributed by atoms with E-state index in [1.165, 1.54) is 4.90 Å². The summed E-state index contributed by atoms with van der Waals surface area (Å²) in [5.74, 6) is -1.19. The minimum Gasteiger partial charge on any atom is -0.480 e. The minimum atomic E-state index is -0.958. The van der Waals surface area contributed by atoms with E-state index in [1.54, 1.807) is 30.8 Å². The van der Waals surface area contributed by atoms with Crippen LogP contribution in [0.25, 0.3) is 0 Å². The van der Waals surface area contributed by atoms with Crippen molar-refractivity contribution >= 4 is 17.9 Å². The molecule has 0 radical (unpaired) electrons. The standard InChI is InChI=1S/C15H25N3O4/c1-10(14(20)21)18(12-4-5-12)13(19)11-6-8-17(9-7-11)15(22)16(2)3/h10-12H,4-9H2,1-3H3,(H,20,21). The fraction of sp³-hybridized carbons (Fsp3) is 0.800. The topological polar surface area (TPSA) is 81.2 Å². The highest BCUT2D eigenvalue weighted by Gasteiger charge is 2.41. The molecule has 2 rings (SSSR count). The molecule has 0 spiro atoms. The van der Waals surface area contributed by atoms with Crippen LogP contribution in [0.1, 0.15) is 32.6 Å². The van der Waals surface area contributed by atoms with E-state index < -0.39 is 12.0 Å². The van der Waals surface area contributed by atoms with Gasteiger partial charge in [-0.2, -0.15) is 0 Å². The second-order valence-corrected chi connectivity index (χ2v) is 6.43. The highest BCUT2D eigenvalue weighted by Crippen LogP contribution is 2.32. The average molecular weight is 311 g/mol. The lowest BCUT2D eigenvalue weighted by atomic mass is 9.94. The Morgan fingerprint density at radius 2 is 1.64 bits per heavy atom. The van der Waals surface area contributed by atoms with Crippen LogP contribution in [0.2, 0.25) is 0 Å². The summed E-state index contributed by atoms with van der Waals surface area (Å²) in [5, 5.41) is 9.20. The van der Waals surface area contributed by atoms with Gasteiger partial charge in [-0.1, -0.05) is 0 Å². The van der Waals surface area contributed by atoms with Crippen molar-refractivity contribution in [3.05, 3.63) is 0 Å². The number of amides is 3. The zero-order valence-electron chi connectivity index (χ0n) is 13.5. The maximum Gasteiger partial charge on any atom is 0.326 e. The molecule has 3 amide bonds. The van der Waals surface area contributed by atoms with Crippen LogP contribution < -0.4 is 0 Å². The molecule has 22 heavy (non-hydrogen) atoms. The molecule has 124 valence electrons. The van der Waals surface area contributed by atoms with Crippen LogP contribution in [0, 0.1) is 5.92 Å². The van der Waals surface area contributed by atoms with E-state index in [1.807, 2.05) is 0 Å². The number of hydrogen-bond acceptors (Lipinski definition) is 3. The first kappa shape index (κ1) is 16.6. The van der Waals surface area contributed by atoms with Crippen LogP contribution in [-0.4, -0.2) is 77.0 Å². The third-order valence-electron chi connectivity index (χ3n) is 4.47. The van der Waals surface area contributed by atoms with Crippen molar-refractivity contribution in [3.8, 4) is 0 Å². The van der Waals surface area contributed by atoms with E-state index >= 15 is 0 Å². The van der Waals surface area contributed by atoms with Crippen molar-refractivity contribution in [2.24, 2.45) is 5.92 Å². The summed E-state index contributed by atoms with van der Waals surface area (Å²) >= 11 is 0. The molecule has 1 heterocycles. The number of carbonyl (C=O) groups is 3. The molecule has 1 N–H and O–H groups in total. The summed E-state index contributed by atoms with van der Waals surface area (Å²) in [7, 11) is 3.42. The summed E-state index contributed by atoms with van der Waals surface area (Å²) in [6.07, 6.45) is 2.99. The number of piperidine rings is 1. The van der Waals surface area contributed by atoms with Gasteiger partial charge in [-0.3, -0.25) is 4.79 Å². The normalized spacial score (nSPS) is 20.4. The van der Waals surface area contributed by atoms with Crippen molar-refractivity contribution in [2.45, 2.75) is 44.7 Å². The van der Waals surface area contributed by atoms with Crippen LogP contribution in [0.4, 0.5) is 4.79 Å². The van der Waals surface area contributed by atoms with Crippen LogP contribution in [0.3, 0.4) is 0 Å². The van der Waals surface area contributed by atoms with Gasteiger partial charge in [-0.05, 0) is 32.6 Å². The van der Waals surface area contributed by atoms with Gasteiger partial charge >= 0.3 is 12.0 Å². The van der Waals surface area contributed by atoms with Gasteiger partial charge in [0.05, 0.1) is 0 Å². The molecule has 0 bridgehead atoms. The first-order chi connectivity index (χ1) is 10.3. The Morgan fingerprint density at radius 3 is 2.05 bits per heavy atom. The predicted molar refractivity (Wildman–Crippen MR) is 80.3 cm³/mol. The number of carboxylic acid groups (broad SMARTS) is 1. The van der Waals surface area contributed by atoms with Crippen molar-refractivity contribution in [1.29, 1.82) is 0 Å². The van der Waals surface area contributed by atoms with Gasteiger partial charge in [0.2, 0.25) is 5.91 Å². The molecule has 1 saturated carbocycles. The Labute approximate surface area is 130 Å². The number of aliphatic carboxylic acids is 1. The highest BCUT2D eigenvalue weighted by atomic mass is 16.4. The number of carbonyl (C=O) groups excluding carboxylic acids is 2. The maximum absolute atomic E-state index is 12.7. The zero-order valence-corrected chi connectivity index (χ0v) is 13.5. The van der Waals surface area contributed by atoms with Gasteiger partial charge in [0.25, 0.3) is 0 Å². The molecule has 7 heteroatoms. The molecule has 1 unspecified atom stereocenters. The van der Waals surface area contributed by atoms with Crippen LogP contribution in [0.5, 0.6) is 0 Å². The lowest BCUT2D eigenvalue weighted by molar-refractivity contribution is -0.152. The van der Waals surface area contributed by atoms with Crippen LogP contribution in [-0.2, 0) is 9.59 Å². The van der Waals surface area contributed by atoms with Crippen molar-refractivity contribution < 1.29 is 19.5 Å². The Kier molecular flexibility index (Phi) is 4.93. The SMILES string of the molecule is CC(C(=O)O)N(C(=O)C1CCN(C(=O)N(C)C)CC1)C1CC1. The Balaban J connectivity index is 1.96. The summed E-state index contributed by atoms with van der Waals surface area (Å²) in [4.78, 5) is 40.6. The van der Waals surface area contributed by atoms with Gasteiger partial charge < -0.3 is 19.8 Å². The number of urea groups is 1. The van der Waals surface area contributed by atoms with Gasteiger partial charge in [0, 0.05) is 39.1 Å². The van der Waals surface area contributed by atoms with E-state index in [0.717, 1.165) is 12.8 Å². The molecule has 1 aliphatic carbocycles. The van der Waals surface area contributed by atoms with E-state index in [9.17, 15) is 19.5 Å². The summed E-state index contributed by atoms with van der Waals surface area (Å²) in [6, 6.07) is -0.731. The summed E-state index contributed by atoms with van der Waals surface area (Å²) < 4.78 is 0. The maximum atomic E-state index is 12.7. The van der Waals surface area contributed by atoms with Gasteiger partial charge in [-0.25, -0.2) is 9.59 Å². The smallest absolute Gasteiger partial charge is 0.326 e.